The Labute approximate surface area is 210 Å². The van der Waals surface area contributed by atoms with Gasteiger partial charge in [0.25, 0.3) is 15.8 Å². The number of halogens is 2. The SMILES string of the molecule is CCn1c(C=CN(c2ccccc2)S(=O)(=O)c2ccc(C)cc2)[n+](CC)c2cc(Cl)c(Cl)cc21. The first kappa shape index (κ1) is 24.3. The number of aromatic nitrogens is 2. The molecule has 0 saturated carbocycles. The van der Waals surface area contributed by atoms with Crippen molar-refractivity contribution >= 4 is 56.0 Å². The summed E-state index contributed by atoms with van der Waals surface area (Å²) in [4.78, 5) is 0.226. The number of hydrogen-bond donors (Lipinski definition) is 0. The fourth-order valence-electron chi connectivity index (χ4n) is 4.03. The molecule has 0 aliphatic rings. The maximum atomic E-state index is 13.7. The van der Waals surface area contributed by atoms with E-state index in [1.165, 1.54) is 4.31 Å². The maximum Gasteiger partial charge on any atom is 0.283 e. The summed E-state index contributed by atoms with van der Waals surface area (Å²) in [6.07, 6.45) is 3.44. The number of aryl methyl sites for hydroxylation is 3. The Morgan fingerprint density at radius 2 is 1.62 bits per heavy atom. The fraction of sp³-hybridized carbons (Fsp3) is 0.192. The first-order valence-corrected chi connectivity index (χ1v) is 13.2. The zero-order chi connectivity index (χ0) is 24.5. The molecule has 0 unspecified atom stereocenters. The van der Waals surface area contributed by atoms with Crippen LogP contribution in [0.4, 0.5) is 5.69 Å². The summed E-state index contributed by atoms with van der Waals surface area (Å²) >= 11 is 12.6. The van der Waals surface area contributed by atoms with Crippen molar-refractivity contribution in [2.75, 3.05) is 4.31 Å². The van der Waals surface area contributed by atoms with Crippen LogP contribution in [0.25, 0.3) is 17.1 Å². The van der Waals surface area contributed by atoms with Gasteiger partial charge in [-0.25, -0.2) is 21.9 Å². The van der Waals surface area contributed by atoms with Crippen molar-refractivity contribution in [1.29, 1.82) is 0 Å². The zero-order valence-corrected chi connectivity index (χ0v) is 21.6. The molecule has 0 N–H and O–H groups in total. The second kappa shape index (κ2) is 9.82. The molecular weight excluding hydrogens is 489 g/mol. The lowest BCUT2D eigenvalue weighted by atomic mass is 10.2. The Morgan fingerprint density at radius 3 is 2.24 bits per heavy atom. The predicted molar refractivity (Wildman–Crippen MR) is 140 cm³/mol. The molecule has 1 aromatic heterocycles. The molecule has 0 aliphatic carbocycles. The summed E-state index contributed by atoms with van der Waals surface area (Å²) in [6.45, 7) is 7.36. The van der Waals surface area contributed by atoms with E-state index in [1.807, 2.05) is 57.2 Å². The van der Waals surface area contributed by atoms with Gasteiger partial charge in [0.1, 0.15) is 0 Å². The van der Waals surface area contributed by atoms with E-state index in [1.54, 1.807) is 42.6 Å². The van der Waals surface area contributed by atoms with Crippen molar-refractivity contribution in [3.05, 3.63) is 94.4 Å². The number of hydrogen-bond acceptors (Lipinski definition) is 2. The molecule has 0 saturated heterocycles. The molecule has 8 heteroatoms. The number of sulfonamides is 1. The van der Waals surface area contributed by atoms with Gasteiger partial charge in [0.15, 0.2) is 11.0 Å². The van der Waals surface area contributed by atoms with Crippen LogP contribution in [0, 0.1) is 6.92 Å². The second-order valence-corrected chi connectivity index (χ2v) is 10.5. The average Bonchev–Trinajstić information content (AvgIpc) is 3.11. The monoisotopic (exact) mass is 514 g/mol. The van der Waals surface area contributed by atoms with E-state index in [-0.39, 0.29) is 4.90 Å². The molecule has 0 aliphatic heterocycles. The fourth-order valence-corrected chi connectivity index (χ4v) is 5.68. The van der Waals surface area contributed by atoms with Crippen LogP contribution in [-0.2, 0) is 23.1 Å². The molecular formula is C26H26Cl2N3O2S+. The minimum absolute atomic E-state index is 0.226. The number of benzene rings is 3. The lowest BCUT2D eigenvalue weighted by molar-refractivity contribution is -0.670. The Morgan fingerprint density at radius 1 is 0.971 bits per heavy atom. The molecule has 3 aromatic carbocycles. The van der Waals surface area contributed by atoms with E-state index < -0.39 is 10.0 Å². The topological polar surface area (TPSA) is 46.2 Å². The molecule has 4 rings (SSSR count). The molecule has 0 bridgehead atoms. The summed E-state index contributed by atoms with van der Waals surface area (Å²) in [5.74, 6) is 0.846. The second-order valence-electron chi connectivity index (χ2n) is 7.87. The molecule has 4 aromatic rings. The number of fused-ring (bicyclic) bond motifs is 1. The van der Waals surface area contributed by atoms with Crippen molar-refractivity contribution in [1.82, 2.24) is 4.57 Å². The predicted octanol–water partition coefficient (Wildman–Crippen LogP) is 6.45. The van der Waals surface area contributed by atoms with E-state index in [0.717, 1.165) is 22.4 Å². The van der Waals surface area contributed by atoms with Gasteiger partial charge >= 0.3 is 0 Å². The molecule has 0 atom stereocenters. The van der Waals surface area contributed by atoms with Crippen LogP contribution in [0.15, 0.2) is 77.8 Å². The average molecular weight is 515 g/mol. The molecule has 34 heavy (non-hydrogen) atoms. The lowest BCUT2D eigenvalue weighted by Gasteiger charge is -2.20. The highest BCUT2D eigenvalue weighted by atomic mass is 35.5. The Hall–Kier alpha value is -2.80. The number of nitrogens with zero attached hydrogens (tertiary/aromatic N) is 3. The number of para-hydroxylation sites is 1. The first-order valence-electron chi connectivity index (χ1n) is 11.0. The quantitative estimate of drug-likeness (QED) is 0.266. The van der Waals surface area contributed by atoms with E-state index in [4.69, 9.17) is 23.2 Å². The third-order valence-corrected chi connectivity index (χ3v) is 8.17. The maximum absolute atomic E-state index is 13.7. The van der Waals surface area contributed by atoms with E-state index in [0.29, 0.717) is 28.8 Å². The third kappa shape index (κ3) is 4.45. The molecule has 1 heterocycles. The van der Waals surface area contributed by atoms with Crippen molar-refractivity contribution in [3.8, 4) is 0 Å². The van der Waals surface area contributed by atoms with E-state index in [2.05, 4.69) is 9.13 Å². The highest BCUT2D eigenvalue weighted by Crippen LogP contribution is 2.29. The minimum Gasteiger partial charge on any atom is -0.241 e. The lowest BCUT2D eigenvalue weighted by Crippen LogP contribution is -2.35. The van der Waals surface area contributed by atoms with Crippen LogP contribution >= 0.6 is 23.2 Å². The highest BCUT2D eigenvalue weighted by Gasteiger charge is 2.26. The standard InChI is InChI=1S/C26H26Cl2N3O2S/c1-4-29-24-17-22(27)23(28)18-25(24)30(5-2)26(29)15-16-31(20-9-7-6-8-10-20)34(32,33)21-13-11-19(3)12-14-21/h6-18H,4-5H2,1-3H3/q+1. The molecule has 176 valence electrons. The molecule has 0 amide bonds. The van der Waals surface area contributed by atoms with Gasteiger partial charge in [0.05, 0.1) is 33.7 Å². The Bertz CT molecular complexity index is 1410. The van der Waals surface area contributed by atoms with Crippen LogP contribution in [-0.4, -0.2) is 13.0 Å². The van der Waals surface area contributed by atoms with Gasteiger partial charge in [-0.2, -0.15) is 0 Å². The van der Waals surface area contributed by atoms with Gasteiger partial charge in [-0.1, -0.05) is 59.1 Å². The van der Waals surface area contributed by atoms with Crippen LogP contribution in [0.5, 0.6) is 0 Å². The number of anilines is 1. The van der Waals surface area contributed by atoms with Gasteiger partial charge in [-0.05, 0) is 45.0 Å². The van der Waals surface area contributed by atoms with E-state index in [9.17, 15) is 8.42 Å². The molecule has 5 nitrogen and oxygen atoms in total. The van der Waals surface area contributed by atoms with Crippen molar-refractivity contribution < 1.29 is 13.0 Å². The Balaban J connectivity index is 1.90. The molecule has 0 spiro atoms. The molecule has 0 fully saturated rings. The summed E-state index contributed by atoms with van der Waals surface area (Å²) < 4.78 is 32.8. The van der Waals surface area contributed by atoms with Crippen LogP contribution in [0.2, 0.25) is 10.0 Å². The number of imidazole rings is 1. The Kier molecular flexibility index (Phi) is 7.03. The first-order chi connectivity index (χ1) is 16.3. The van der Waals surface area contributed by atoms with Gasteiger partial charge in [0, 0.05) is 24.4 Å². The van der Waals surface area contributed by atoms with Gasteiger partial charge in [-0.15, -0.1) is 0 Å². The minimum atomic E-state index is -3.84. The summed E-state index contributed by atoms with van der Waals surface area (Å²) in [5, 5.41) is 0.959. The van der Waals surface area contributed by atoms with Gasteiger partial charge in [0.2, 0.25) is 0 Å². The summed E-state index contributed by atoms with van der Waals surface area (Å²) in [7, 11) is -3.84. The smallest absolute Gasteiger partial charge is 0.241 e. The van der Waals surface area contributed by atoms with Crippen LogP contribution < -0.4 is 8.87 Å². The zero-order valence-electron chi connectivity index (χ0n) is 19.2. The summed E-state index contributed by atoms with van der Waals surface area (Å²) in [5.41, 5.74) is 3.42. The van der Waals surface area contributed by atoms with Gasteiger partial charge in [-0.3, -0.25) is 0 Å². The van der Waals surface area contributed by atoms with Gasteiger partial charge < -0.3 is 0 Å². The van der Waals surface area contributed by atoms with Crippen molar-refractivity contribution in [2.24, 2.45) is 0 Å². The molecule has 0 radical (unpaired) electrons. The van der Waals surface area contributed by atoms with Crippen LogP contribution in [0.1, 0.15) is 25.2 Å². The highest BCUT2D eigenvalue weighted by molar-refractivity contribution is 7.93. The van der Waals surface area contributed by atoms with Crippen molar-refractivity contribution in [3.63, 3.8) is 0 Å². The van der Waals surface area contributed by atoms with Crippen molar-refractivity contribution in [2.45, 2.75) is 38.8 Å². The largest absolute Gasteiger partial charge is 0.283 e. The van der Waals surface area contributed by atoms with Crippen LogP contribution in [0.3, 0.4) is 0 Å². The summed E-state index contributed by atoms with van der Waals surface area (Å²) in [6, 6.07) is 19.6. The normalized spacial score (nSPS) is 12.0. The third-order valence-electron chi connectivity index (χ3n) is 5.73. The van der Waals surface area contributed by atoms with E-state index >= 15 is 0 Å². The number of rotatable bonds is 7.